The fourth-order valence-electron chi connectivity index (χ4n) is 1.51. The van der Waals surface area contributed by atoms with Crippen molar-refractivity contribution in [2.75, 3.05) is 5.75 Å². The molecule has 1 atom stereocenters. The van der Waals surface area contributed by atoms with Crippen LogP contribution in [0.1, 0.15) is 19.5 Å². The van der Waals surface area contributed by atoms with Crippen molar-refractivity contribution in [3.05, 3.63) is 11.9 Å². The van der Waals surface area contributed by atoms with Crippen molar-refractivity contribution in [3.8, 4) is 0 Å². The number of thioether (sulfide) groups is 1. The number of hydrogen-bond acceptors (Lipinski definition) is 4. The van der Waals surface area contributed by atoms with Gasteiger partial charge in [0.15, 0.2) is 0 Å². The number of hydrogen-bond donors (Lipinski definition) is 1. The van der Waals surface area contributed by atoms with E-state index in [2.05, 4.69) is 29.5 Å². The van der Waals surface area contributed by atoms with E-state index in [1.54, 1.807) is 4.68 Å². The van der Waals surface area contributed by atoms with E-state index in [1.165, 1.54) is 5.75 Å². The van der Waals surface area contributed by atoms with Gasteiger partial charge in [0.2, 0.25) is 0 Å². The molecule has 4 nitrogen and oxygen atoms in total. The first-order valence-corrected chi connectivity index (χ1v) is 5.79. The predicted octanol–water partition coefficient (Wildman–Crippen LogP) is 0.799. The van der Waals surface area contributed by atoms with Crippen LogP contribution >= 0.6 is 11.8 Å². The van der Waals surface area contributed by atoms with Crippen molar-refractivity contribution in [2.45, 2.75) is 31.2 Å². The minimum Gasteiger partial charge on any atom is -0.306 e. The molecule has 0 bridgehead atoms. The second-order valence-electron chi connectivity index (χ2n) is 4.23. The molecule has 1 aliphatic rings. The van der Waals surface area contributed by atoms with Crippen molar-refractivity contribution in [1.29, 1.82) is 0 Å². The average molecular weight is 212 g/mol. The highest BCUT2D eigenvalue weighted by Gasteiger charge is 2.38. The molecular weight excluding hydrogens is 196 g/mol. The number of aryl methyl sites for hydroxylation is 1. The second-order valence-corrected chi connectivity index (χ2v) is 5.91. The number of aromatic nitrogens is 3. The Morgan fingerprint density at radius 1 is 1.71 bits per heavy atom. The lowest BCUT2D eigenvalue weighted by Gasteiger charge is -2.44. The van der Waals surface area contributed by atoms with Crippen LogP contribution in [0.25, 0.3) is 0 Å². The number of nitrogens with zero attached hydrogens (tertiary/aromatic N) is 3. The molecule has 14 heavy (non-hydrogen) atoms. The highest BCUT2D eigenvalue weighted by Crippen LogP contribution is 2.39. The molecule has 1 N–H and O–H groups in total. The Bertz CT molecular complexity index is 320. The van der Waals surface area contributed by atoms with Crippen molar-refractivity contribution in [2.24, 2.45) is 7.05 Å². The third kappa shape index (κ3) is 1.93. The normalized spacial score (nSPS) is 24.6. The van der Waals surface area contributed by atoms with Crippen LogP contribution < -0.4 is 5.32 Å². The summed E-state index contributed by atoms with van der Waals surface area (Å²) in [5.74, 6) is 1.20. The standard InChI is InChI=1S/C9H16N4S/c1-9(2)8(6-14-9)10-4-7-5-13(3)12-11-7/h5,8,10H,4,6H2,1-3H3. The molecule has 1 aliphatic heterocycles. The van der Waals surface area contributed by atoms with Crippen LogP contribution in [0.4, 0.5) is 0 Å². The van der Waals surface area contributed by atoms with E-state index in [-0.39, 0.29) is 0 Å². The summed E-state index contributed by atoms with van der Waals surface area (Å²) < 4.78 is 2.11. The van der Waals surface area contributed by atoms with E-state index in [4.69, 9.17) is 0 Å². The maximum atomic E-state index is 4.04. The molecule has 1 fully saturated rings. The maximum absolute atomic E-state index is 4.04. The lowest BCUT2D eigenvalue weighted by atomic mass is 10.0. The zero-order valence-corrected chi connectivity index (χ0v) is 9.64. The first-order valence-electron chi connectivity index (χ1n) is 4.80. The smallest absolute Gasteiger partial charge is 0.0964 e. The quantitative estimate of drug-likeness (QED) is 0.805. The van der Waals surface area contributed by atoms with Crippen LogP contribution in [-0.2, 0) is 13.6 Å². The summed E-state index contributed by atoms with van der Waals surface area (Å²) >= 11 is 2.01. The molecule has 0 saturated carbocycles. The fourth-order valence-corrected chi connectivity index (χ4v) is 2.71. The third-order valence-electron chi connectivity index (χ3n) is 2.64. The van der Waals surface area contributed by atoms with E-state index in [0.717, 1.165) is 12.2 Å². The van der Waals surface area contributed by atoms with Gasteiger partial charge in [-0.05, 0) is 13.8 Å². The molecule has 0 spiro atoms. The Morgan fingerprint density at radius 3 is 2.93 bits per heavy atom. The van der Waals surface area contributed by atoms with Gasteiger partial charge in [0.1, 0.15) is 0 Å². The second kappa shape index (κ2) is 3.55. The predicted molar refractivity (Wildman–Crippen MR) is 58.2 cm³/mol. The summed E-state index contributed by atoms with van der Waals surface area (Å²) in [5.41, 5.74) is 1.01. The molecule has 1 unspecified atom stereocenters. The first-order chi connectivity index (χ1) is 6.58. The molecule has 1 aromatic rings. The molecule has 0 aliphatic carbocycles. The Kier molecular flexibility index (Phi) is 2.53. The molecule has 1 aromatic heterocycles. The van der Waals surface area contributed by atoms with E-state index >= 15 is 0 Å². The van der Waals surface area contributed by atoms with Crippen LogP contribution in [0, 0.1) is 0 Å². The van der Waals surface area contributed by atoms with Crippen LogP contribution in [0.3, 0.4) is 0 Å². The van der Waals surface area contributed by atoms with Crippen LogP contribution in [0.5, 0.6) is 0 Å². The van der Waals surface area contributed by atoms with Gasteiger partial charge < -0.3 is 5.32 Å². The minimum absolute atomic E-state index is 0.377. The Hall–Kier alpha value is -0.550. The van der Waals surface area contributed by atoms with Gasteiger partial charge >= 0.3 is 0 Å². The van der Waals surface area contributed by atoms with E-state index < -0.39 is 0 Å². The van der Waals surface area contributed by atoms with Crippen molar-refractivity contribution < 1.29 is 0 Å². The molecule has 78 valence electrons. The van der Waals surface area contributed by atoms with Gasteiger partial charge in [0.05, 0.1) is 5.69 Å². The average Bonchev–Trinajstić information content (AvgIpc) is 2.50. The Balaban J connectivity index is 1.83. The highest BCUT2D eigenvalue weighted by molar-refractivity contribution is 8.02. The minimum atomic E-state index is 0.377. The fraction of sp³-hybridized carbons (Fsp3) is 0.778. The van der Waals surface area contributed by atoms with Crippen molar-refractivity contribution >= 4 is 11.8 Å². The molecule has 2 rings (SSSR count). The van der Waals surface area contributed by atoms with Gasteiger partial charge in [-0.1, -0.05) is 5.21 Å². The molecule has 2 heterocycles. The lowest BCUT2D eigenvalue weighted by molar-refractivity contribution is 0.433. The first kappa shape index (κ1) is 9.98. The van der Waals surface area contributed by atoms with Crippen LogP contribution in [-0.4, -0.2) is 31.5 Å². The van der Waals surface area contributed by atoms with Crippen LogP contribution in [0.2, 0.25) is 0 Å². The van der Waals surface area contributed by atoms with Crippen molar-refractivity contribution in [3.63, 3.8) is 0 Å². The Morgan fingerprint density at radius 2 is 2.50 bits per heavy atom. The molecule has 0 radical (unpaired) electrons. The zero-order chi connectivity index (χ0) is 10.2. The summed E-state index contributed by atoms with van der Waals surface area (Å²) in [6, 6.07) is 0.606. The topological polar surface area (TPSA) is 42.7 Å². The maximum Gasteiger partial charge on any atom is 0.0964 e. The zero-order valence-electron chi connectivity index (χ0n) is 8.82. The lowest BCUT2D eigenvalue weighted by Crippen LogP contribution is -2.54. The van der Waals surface area contributed by atoms with Gasteiger partial charge in [0, 0.05) is 36.3 Å². The monoisotopic (exact) mass is 212 g/mol. The summed E-state index contributed by atoms with van der Waals surface area (Å²) in [6.07, 6.45) is 1.95. The van der Waals surface area contributed by atoms with E-state index in [9.17, 15) is 0 Å². The largest absolute Gasteiger partial charge is 0.306 e. The third-order valence-corrected chi connectivity index (χ3v) is 4.17. The number of rotatable bonds is 3. The molecular formula is C9H16N4S. The SMILES string of the molecule is Cn1cc(CNC2CSC2(C)C)nn1. The summed E-state index contributed by atoms with van der Waals surface area (Å²) in [5, 5.41) is 11.4. The van der Waals surface area contributed by atoms with Crippen molar-refractivity contribution in [1.82, 2.24) is 20.3 Å². The van der Waals surface area contributed by atoms with Gasteiger partial charge in [-0.15, -0.1) is 5.10 Å². The van der Waals surface area contributed by atoms with Gasteiger partial charge in [0.25, 0.3) is 0 Å². The van der Waals surface area contributed by atoms with E-state index in [0.29, 0.717) is 10.8 Å². The molecule has 0 aromatic carbocycles. The number of nitrogens with one attached hydrogen (secondary N) is 1. The summed E-state index contributed by atoms with van der Waals surface area (Å²) in [4.78, 5) is 0. The van der Waals surface area contributed by atoms with Gasteiger partial charge in [-0.25, -0.2) is 0 Å². The van der Waals surface area contributed by atoms with Gasteiger partial charge in [-0.2, -0.15) is 11.8 Å². The summed E-state index contributed by atoms with van der Waals surface area (Å²) in [6.45, 7) is 5.37. The molecule has 5 heteroatoms. The highest BCUT2D eigenvalue weighted by atomic mass is 32.2. The van der Waals surface area contributed by atoms with E-state index in [1.807, 2.05) is 25.0 Å². The molecule has 1 saturated heterocycles. The van der Waals surface area contributed by atoms with Gasteiger partial charge in [-0.3, -0.25) is 4.68 Å². The van der Waals surface area contributed by atoms with Crippen LogP contribution in [0.15, 0.2) is 6.20 Å². The summed E-state index contributed by atoms with van der Waals surface area (Å²) in [7, 11) is 1.89. The Labute approximate surface area is 88.4 Å². The molecule has 0 amide bonds.